The number of rotatable bonds is 1. The smallest absolute Gasteiger partial charge is 0.0172 e. The van der Waals surface area contributed by atoms with Crippen LogP contribution in [-0.2, 0) is 0 Å². The molecule has 0 amide bonds. The highest BCUT2D eigenvalue weighted by Gasteiger charge is 2.40. The zero-order chi connectivity index (χ0) is 11.0. The van der Waals surface area contributed by atoms with E-state index in [4.69, 9.17) is 0 Å². The summed E-state index contributed by atoms with van der Waals surface area (Å²) in [4.78, 5) is 0. The molecule has 4 unspecified atom stereocenters. The maximum Gasteiger partial charge on any atom is -0.0172 e. The van der Waals surface area contributed by atoms with Crippen LogP contribution in [0.5, 0.6) is 0 Å². The minimum Gasteiger partial charge on any atom is -0.0847 e. The van der Waals surface area contributed by atoms with E-state index in [9.17, 15) is 0 Å². The molecule has 0 heterocycles. The first kappa shape index (κ1) is 10.9. The molecule has 0 heteroatoms. The molecule has 3 rings (SSSR count). The van der Waals surface area contributed by atoms with E-state index < -0.39 is 0 Å². The lowest BCUT2D eigenvalue weighted by molar-refractivity contribution is 0.0895. The second-order valence-corrected chi connectivity index (χ2v) is 6.29. The van der Waals surface area contributed by atoms with Gasteiger partial charge in [0.15, 0.2) is 0 Å². The Morgan fingerprint density at radius 2 is 2.00 bits per heavy atom. The van der Waals surface area contributed by atoms with Gasteiger partial charge < -0.3 is 0 Å². The molecule has 0 aromatic rings. The molecule has 0 bridgehead atoms. The molecule has 0 saturated heterocycles. The Kier molecular flexibility index (Phi) is 3.09. The van der Waals surface area contributed by atoms with Crippen LogP contribution in [0.15, 0.2) is 11.6 Å². The van der Waals surface area contributed by atoms with E-state index >= 15 is 0 Å². The first-order chi connectivity index (χ1) is 7.90. The van der Waals surface area contributed by atoms with Crippen molar-refractivity contribution < 1.29 is 0 Å². The molecule has 2 saturated carbocycles. The summed E-state index contributed by atoms with van der Waals surface area (Å²) in [5.41, 5.74) is 1.87. The zero-order valence-corrected chi connectivity index (χ0v) is 10.8. The van der Waals surface area contributed by atoms with Gasteiger partial charge >= 0.3 is 0 Å². The third-order valence-corrected chi connectivity index (χ3v) is 5.67. The van der Waals surface area contributed by atoms with Crippen molar-refractivity contribution in [3.05, 3.63) is 11.6 Å². The van der Waals surface area contributed by atoms with Gasteiger partial charge in [-0.2, -0.15) is 0 Å². The third kappa shape index (κ3) is 1.75. The zero-order valence-electron chi connectivity index (χ0n) is 10.8. The Labute approximate surface area is 101 Å². The number of fused-ring (bicyclic) bond motifs is 3. The van der Waals surface area contributed by atoms with Crippen molar-refractivity contribution in [2.45, 2.75) is 64.7 Å². The molecule has 0 aromatic heterocycles. The van der Waals surface area contributed by atoms with Gasteiger partial charge in [0.25, 0.3) is 0 Å². The molecule has 3 aliphatic rings. The van der Waals surface area contributed by atoms with E-state index in [0.29, 0.717) is 0 Å². The maximum atomic E-state index is 2.65. The second kappa shape index (κ2) is 4.55. The molecule has 0 nitrogen and oxygen atoms in total. The summed E-state index contributed by atoms with van der Waals surface area (Å²) in [7, 11) is 0. The fourth-order valence-corrected chi connectivity index (χ4v) is 4.86. The summed E-state index contributed by atoms with van der Waals surface area (Å²) in [6.45, 7) is 2.41. The Bertz CT molecular complexity index is 276. The highest BCUT2D eigenvalue weighted by molar-refractivity contribution is 5.16. The van der Waals surface area contributed by atoms with Crippen molar-refractivity contribution in [3.63, 3.8) is 0 Å². The Hall–Kier alpha value is -0.260. The molecule has 16 heavy (non-hydrogen) atoms. The fourth-order valence-electron chi connectivity index (χ4n) is 4.86. The van der Waals surface area contributed by atoms with Gasteiger partial charge in [0.1, 0.15) is 0 Å². The van der Waals surface area contributed by atoms with Crippen LogP contribution in [0.1, 0.15) is 64.7 Å². The summed E-state index contributed by atoms with van der Waals surface area (Å²) < 4.78 is 0. The average Bonchev–Trinajstić information content (AvgIpc) is 2.37. The monoisotopic (exact) mass is 218 g/mol. The lowest BCUT2D eigenvalue weighted by Crippen LogP contribution is -2.37. The average molecular weight is 218 g/mol. The molecule has 90 valence electrons. The molecule has 0 spiro atoms. The van der Waals surface area contributed by atoms with Crippen LogP contribution in [0.3, 0.4) is 0 Å². The molecule has 0 radical (unpaired) electrons. The fraction of sp³-hybridized carbons (Fsp3) is 0.875. The molecular formula is C16H26. The molecule has 2 fully saturated rings. The highest BCUT2D eigenvalue weighted by atomic mass is 14.4. The summed E-state index contributed by atoms with van der Waals surface area (Å²) in [5, 5.41) is 0. The first-order valence-corrected chi connectivity index (χ1v) is 7.59. The molecule has 0 aliphatic heterocycles. The number of hydrogen-bond acceptors (Lipinski definition) is 0. The molecular weight excluding hydrogens is 192 g/mol. The topological polar surface area (TPSA) is 0 Å². The Morgan fingerprint density at radius 1 is 1.06 bits per heavy atom. The largest absolute Gasteiger partial charge is 0.0847 e. The number of allylic oxidation sites excluding steroid dienone is 2. The number of hydrogen-bond donors (Lipinski definition) is 0. The van der Waals surface area contributed by atoms with Gasteiger partial charge in [-0.25, -0.2) is 0 Å². The Morgan fingerprint density at radius 3 is 2.88 bits per heavy atom. The lowest BCUT2D eigenvalue weighted by Gasteiger charge is -2.47. The quantitative estimate of drug-likeness (QED) is 0.546. The minimum atomic E-state index is 1.02. The van der Waals surface area contributed by atoms with E-state index in [1.54, 1.807) is 6.42 Å². The van der Waals surface area contributed by atoms with E-state index in [0.717, 1.165) is 23.7 Å². The molecule has 0 aromatic carbocycles. The third-order valence-electron chi connectivity index (χ3n) is 5.67. The summed E-state index contributed by atoms with van der Waals surface area (Å²) in [6.07, 6.45) is 16.0. The van der Waals surface area contributed by atoms with Gasteiger partial charge in [-0.05, 0) is 55.8 Å². The standard InChI is InChI=1S/C16H26/c1-2-12-7-5-9-16-14-8-4-3-6-13(14)10-11-15(12)16/h10,12,14-16H,2-9,11H2,1H3. The van der Waals surface area contributed by atoms with Crippen LogP contribution >= 0.6 is 0 Å². The van der Waals surface area contributed by atoms with Gasteiger partial charge in [-0.3, -0.25) is 0 Å². The van der Waals surface area contributed by atoms with Crippen molar-refractivity contribution >= 4 is 0 Å². The highest BCUT2D eigenvalue weighted by Crippen LogP contribution is 2.51. The summed E-state index contributed by atoms with van der Waals surface area (Å²) in [5.74, 6) is 4.21. The van der Waals surface area contributed by atoms with Crippen molar-refractivity contribution in [2.24, 2.45) is 23.7 Å². The predicted octanol–water partition coefficient (Wildman–Crippen LogP) is 4.95. The maximum absolute atomic E-state index is 2.65. The predicted molar refractivity (Wildman–Crippen MR) is 69.3 cm³/mol. The van der Waals surface area contributed by atoms with Crippen LogP contribution < -0.4 is 0 Å². The minimum absolute atomic E-state index is 1.02. The van der Waals surface area contributed by atoms with Gasteiger partial charge in [0, 0.05) is 0 Å². The molecule has 0 N–H and O–H groups in total. The SMILES string of the molecule is CCC1CCCC2C3CCCCC3=CCC12. The van der Waals surface area contributed by atoms with Crippen LogP contribution in [0, 0.1) is 23.7 Å². The molecule has 3 aliphatic carbocycles. The van der Waals surface area contributed by atoms with Gasteiger partial charge in [0.2, 0.25) is 0 Å². The summed E-state index contributed by atoms with van der Waals surface area (Å²) >= 11 is 0. The van der Waals surface area contributed by atoms with Crippen molar-refractivity contribution in [1.82, 2.24) is 0 Å². The van der Waals surface area contributed by atoms with Crippen molar-refractivity contribution in [1.29, 1.82) is 0 Å². The summed E-state index contributed by atoms with van der Waals surface area (Å²) in [6, 6.07) is 0. The van der Waals surface area contributed by atoms with E-state index in [-0.39, 0.29) is 0 Å². The van der Waals surface area contributed by atoms with E-state index in [1.807, 2.05) is 5.57 Å². The van der Waals surface area contributed by atoms with Gasteiger partial charge in [0.05, 0.1) is 0 Å². The van der Waals surface area contributed by atoms with E-state index in [2.05, 4.69) is 13.0 Å². The normalized spacial score (nSPS) is 43.2. The van der Waals surface area contributed by atoms with Gasteiger partial charge in [-0.15, -0.1) is 0 Å². The van der Waals surface area contributed by atoms with Gasteiger partial charge in [-0.1, -0.05) is 44.3 Å². The van der Waals surface area contributed by atoms with Crippen LogP contribution in [0.4, 0.5) is 0 Å². The van der Waals surface area contributed by atoms with Crippen molar-refractivity contribution in [3.8, 4) is 0 Å². The second-order valence-electron chi connectivity index (χ2n) is 6.29. The van der Waals surface area contributed by atoms with E-state index in [1.165, 1.54) is 51.4 Å². The van der Waals surface area contributed by atoms with Crippen LogP contribution in [0.2, 0.25) is 0 Å². The first-order valence-electron chi connectivity index (χ1n) is 7.59. The van der Waals surface area contributed by atoms with Crippen LogP contribution in [-0.4, -0.2) is 0 Å². The van der Waals surface area contributed by atoms with Crippen molar-refractivity contribution in [2.75, 3.05) is 0 Å². The Balaban J connectivity index is 1.82. The van der Waals surface area contributed by atoms with Crippen LogP contribution in [0.25, 0.3) is 0 Å². The lowest BCUT2D eigenvalue weighted by atomic mass is 9.58. The molecule has 4 atom stereocenters.